The molecule has 0 bridgehead atoms. The van der Waals surface area contributed by atoms with Crippen molar-refractivity contribution in [3.8, 4) is 0 Å². The van der Waals surface area contributed by atoms with Crippen LogP contribution in [0.1, 0.15) is 97.6 Å². The second-order valence-corrected chi connectivity index (χ2v) is 19.0. The highest BCUT2D eigenvalue weighted by atomic mass is 16.5. The molecule has 10 rings (SSSR count). The molecule has 4 aliphatic rings. The van der Waals surface area contributed by atoms with Gasteiger partial charge in [-0.1, -0.05) is 5.21 Å². The van der Waals surface area contributed by atoms with E-state index in [-0.39, 0.29) is 58.9 Å². The predicted molar refractivity (Wildman–Crippen MR) is 280 cm³/mol. The molecule has 9 N–H and O–H groups in total. The summed E-state index contributed by atoms with van der Waals surface area (Å²) in [4.78, 5) is 79.0. The van der Waals surface area contributed by atoms with Crippen molar-refractivity contribution in [2.24, 2.45) is 17.2 Å². The van der Waals surface area contributed by atoms with E-state index < -0.39 is 11.8 Å². The van der Waals surface area contributed by atoms with Crippen molar-refractivity contribution in [2.45, 2.75) is 57.7 Å². The number of fused-ring (bicyclic) bond motifs is 1. The third-order valence-corrected chi connectivity index (χ3v) is 13.2. The molecule has 26 nitrogen and oxygen atoms in total. The molecule has 4 saturated heterocycles. The van der Waals surface area contributed by atoms with Crippen LogP contribution in [-0.4, -0.2) is 176 Å². The first kappa shape index (κ1) is 52.4. The number of carbonyl (C=O) groups is 5. The minimum atomic E-state index is -0.780. The van der Waals surface area contributed by atoms with Gasteiger partial charge in [-0.25, -0.2) is 4.68 Å². The van der Waals surface area contributed by atoms with Gasteiger partial charge in [-0.05, 0) is 106 Å². The number of nitrogens with zero attached hydrogens (tertiary/aromatic N) is 13. The number of benzene rings is 3. The first-order chi connectivity index (χ1) is 36.8. The van der Waals surface area contributed by atoms with E-state index >= 15 is 0 Å². The van der Waals surface area contributed by atoms with Gasteiger partial charge in [0, 0.05) is 98.5 Å². The van der Waals surface area contributed by atoms with Crippen LogP contribution in [0.25, 0.3) is 11.0 Å². The summed E-state index contributed by atoms with van der Waals surface area (Å²) < 4.78 is 12.4. The summed E-state index contributed by atoms with van der Waals surface area (Å²) in [7, 11) is 0. The van der Waals surface area contributed by atoms with E-state index in [0.717, 1.165) is 37.7 Å². The van der Waals surface area contributed by atoms with Crippen LogP contribution in [0.5, 0.6) is 0 Å². The number of morpholine rings is 2. The second-order valence-electron chi connectivity index (χ2n) is 19.0. The zero-order valence-corrected chi connectivity index (χ0v) is 42.3. The number of nitrogens with two attached hydrogens (primary N) is 3. The van der Waals surface area contributed by atoms with E-state index in [1.807, 2.05) is 34.4 Å². The van der Waals surface area contributed by atoms with Gasteiger partial charge >= 0.3 is 0 Å². The van der Waals surface area contributed by atoms with Crippen LogP contribution in [0.15, 0.2) is 66.7 Å². The number of amides is 5. The lowest BCUT2D eigenvalue weighted by Gasteiger charge is -2.33. The average molecular weight is 1040 g/mol. The highest BCUT2D eigenvalue weighted by Gasteiger charge is 2.28. The Kier molecular flexibility index (Phi) is 16.4. The van der Waals surface area contributed by atoms with Crippen LogP contribution in [0.3, 0.4) is 0 Å². The Morgan fingerprint density at radius 3 is 1.58 bits per heavy atom. The topological polar surface area (TPSA) is 339 Å². The number of primary amides is 2. The van der Waals surface area contributed by atoms with Crippen LogP contribution in [-0.2, 0) is 9.47 Å². The van der Waals surface area contributed by atoms with Gasteiger partial charge in [0.2, 0.25) is 11.9 Å². The van der Waals surface area contributed by atoms with Crippen LogP contribution >= 0.6 is 0 Å². The summed E-state index contributed by atoms with van der Waals surface area (Å²) >= 11 is 0. The summed E-state index contributed by atoms with van der Waals surface area (Å²) in [6.45, 7) is 10.9. The van der Waals surface area contributed by atoms with Crippen LogP contribution in [0.2, 0.25) is 0 Å². The lowest BCUT2D eigenvalue weighted by molar-refractivity contribution is 0.0301. The van der Waals surface area contributed by atoms with Crippen molar-refractivity contribution in [2.75, 3.05) is 99.2 Å². The van der Waals surface area contributed by atoms with Gasteiger partial charge in [-0.2, -0.15) is 9.97 Å². The molecule has 76 heavy (non-hydrogen) atoms. The van der Waals surface area contributed by atoms with Crippen molar-refractivity contribution in [1.82, 2.24) is 60.5 Å². The van der Waals surface area contributed by atoms with Crippen LogP contribution in [0.4, 0.5) is 34.9 Å². The molecule has 7 heterocycles. The quantitative estimate of drug-likeness (QED) is 0.0963. The molecular formula is C50H61N19O7. The fourth-order valence-corrected chi connectivity index (χ4v) is 9.17. The summed E-state index contributed by atoms with van der Waals surface area (Å²) in [5.74, 6) is -0.781. The SMILES string of the molecule is CC(C)n1nnc2cc(C(=O)N[C@@H]3CCCN(c4nnc(C(N)=O)c(Nc5ccc(C(=O)N6CCOCC6)cc5)n4)C3)ccc21.NC(=O)c1nnc(N2CCC[C@@H](N)C2)nc1Nc1ccc(C(=O)N2CCOCC2)cc1. The largest absolute Gasteiger partial charge is 0.378 e. The maximum absolute atomic E-state index is 13.2. The van der Waals surface area contributed by atoms with Gasteiger partial charge in [0.15, 0.2) is 23.0 Å². The van der Waals surface area contributed by atoms with E-state index in [2.05, 4.69) is 56.6 Å². The Bertz CT molecular complexity index is 3050. The molecule has 4 aliphatic heterocycles. The number of ether oxygens (including phenoxy) is 2. The van der Waals surface area contributed by atoms with Crippen molar-refractivity contribution >= 4 is 75.5 Å². The van der Waals surface area contributed by atoms with E-state index in [9.17, 15) is 24.0 Å². The fraction of sp³-hybridized carbons (Fsp3) is 0.420. The lowest BCUT2D eigenvalue weighted by atomic mass is 10.1. The Morgan fingerprint density at radius 2 is 1.09 bits per heavy atom. The molecule has 3 aromatic carbocycles. The Labute approximate surface area is 437 Å². The number of anilines is 6. The normalized spacial score (nSPS) is 17.9. The molecule has 3 aromatic heterocycles. The third-order valence-electron chi connectivity index (χ3n) is 13.2. The van der Waals surface area contributed by atoms with Crippen molar-refractivity contribution in [3.05, 3.63) is 94.8 Å². The number of carbonyl (C=O) groups excluding carboxylic acids is 5. The third kappa shape index (κ3) is 12.5. The molecule has 6 aromatic rings. The lowest BCUT2D eigenvalue weighted by Crippen LogP contribution is -2.48. The summed E-state index contributed by atoms with van der Waals surface area (Å²) in [6, 6.07) is 19.2. The number of rotatable bonds is 13. The number of piperidine rings is 2. The smallest absolute Gasteiger partial charge is 0.273 e. The summed E-state index contributed by atoms with van der Waals surface area (Å²) in [5.41, 5.74) is 21.3. The van der Waals surface area contributed by atoms with Gasteiger partial charge in [-0.15, -0.1) is 25.5 Å². The van der Waals surface area contributed by atoms with E-state index in [1.54, 1.807) is 70.5 Å². The molecule has 4 fully saturated rings. The standard InChI is InChI=1S/C30H35N11O4.C20H26N8O3/c1-18(2)41-24-10-7-20(16-23(24)35-38-41)28(43)33-22-4-3-11-40(17-22)30-34-27(25(26(31)42)36-37-30)32-21-8-5-19(6-9-21)29(44)39-12-14-45-15-13-39;21-14-2-1-7-28(12-14)20-24-18(16(17(22)29)25-26-20)23-15-5-3-13(4-6-15)19(30)27-8-10-31-11-9-27/h5-10,16,18,22H,3-4,11-15,17H2,1-2H3,(H2,31,42)(H,33,43)(H,32,34,37);3-6,14H,1-2,7-12,21H2,(H2,22,29)(H,23,24,26)/t22-;14-/m11/s1. The van der Waals surface area contributed by atoms with E-state index in [0.29, 0.717) is 118 Å². The molecule has 0 unspecified atom stereocenters. The minimum Gasteiger partial charge on any atom is -0.378 e. The molecule has 5 amide bonds. The maximum atomic E-state index is 13.2. The van der Waals surface area contributed by atoms with Gasteiger partial charge in [-0.3, -0.25) is 24.0 Å². The van der Waals surface area contributed by atoms with Gasteiger partial charge in [0.25, 0.3) is 29.5 Å². The molecule has 0 saturated carbocycles. The van der Waals surface area contributed by atoms with Gasteiger partial charge in [0.1, 0.15) is 5.52 Å². The number of nitrogens with one attached hydrogen (secondary N) is 3. The van der Waals surface area contributed by atoms with E-state index in [4.69, 9.17) is 26.7 Å². The monoisotopic (exact) mass is 1040 g/mol. The second kappa shape index (κ2) is 23.8. The Hall–Kier alpha value is -8.49. The Balaban J connectivity index is 0.000000199. The number of aromatic nitrogens is 9. The summed E-state index contributed by atoms with van der Waals surface area (Å²) in [6.07, 6.45) is 3.45. The number of hydrogen-bond donors (Lipinski definition) is 6. The first-order valence-electron chi connectivity index (χ1n) is 25.3. The zero-order valence-electron chi connectivity index (χ0n) is 42.3. The molecule has 2 atom stereocenters. The van der Waals surface area contributed by atoms with Crippen LogP contribution in [0, 0.1) is 0 Å². The zero-order chi connectivity index (χ0) is 53.3. The molecule has 398 valence electrons. The molecule has 0 spiro atoms. The summed E-state index contributed by atoms with van der Waals surface area (Å²) in [5, 5.41) is 34.0. The molecule has 0 radical (unpaired) electrons. The molecular weight excluding hydrogens is 979 g/mol. The minimum absolute atomic E-state index is 0.0416. The van der Waals surface area contributed by atoms with Crippen molar-refractivity contribution < 1.29 is 33.4 Å². The molecule has 0 aliphatic carbocycles. The maximum Gasteiger partial charge on any atom is 0.273 e. The van der Waals surface area contributed by atoms with Gasteiger partial charge < -0.3 is 62.2 Å². The highest BCUT2D eigenvalue weighted by Crippen LogP contribution is 2.25. The predicted octanol–water partition coefficient (Wildman–Crippen LogP) is 2.02. The fourth-order valence-electron chi connectivity index (χ4n) is 9.17. The van der Waals surface area contributed by atoms with Crippen LogP contribution < -0.4 is 43.0 Å². The van der Waals surface area contributed by atoms with Crippen molar-refractivity contribution in [3.63, 3.8) is 0 Å². The first-order valence-corrected chi connectivity index (χ1v) is 25.3. The number of hydrogen-bond acceptors (Lipinski definition) is 20. The van der Waals surface area contributed by atoms with Gasteiger partial charge in [0.05, 0.1) is 31.9 Å². The average Bonchev–Trinajstić information content (AvgIpc) is 3.88. The highest BCUT2D eigenvalue weighted by molar-refractivity contribution is 5.99. The molecule has 26 heteroatoms. The van der Waals surface area contributed by atoms with Crippen molar-refractivity contribution in [1.29, 1.82) is 0 Å². The van der Waals surface area contributed by atoms with E-state index in [1.165, 1.54) is 0 Å². The Morgan fingerprint density at radius 1 is 0.605 bits per heavy atom.